The molecule has 0 heterocycles. The average molecular weight is 253 g/mol. The summed E-state index contributed by atoms with van der Waals surface area (Å²) in [6, 6.07) is 0. The third-order valence-electron chi connectivity index (χ3n) is 2.26. The molecule has 0 aromatic heterocycles. The summed E-state index contributed by atoms with van der Waals surface area (Å²) in [5.41, 5.74) is 0. The molecule has 0 rings (SSSR count). The van der Waals surface area contributed by atoms with E-state index in [1.165, 1.54) is 51.4 Å². The molecule has 0 radical (unpaired) electrons. The van der Waals surface area contributed by atoms with Crippen LogP contribution in [-0.4, -0.2) is 21.5 Å². The standard InChI is InChI=1S/C11H24O.HO3P/c1-2-3-4-5-6-7-8-9-10-11-12;1-4(2)3/h12H,2-11H2,1H3;(H-,1,2,3)/p+1. The largest absolute Gasteiger partial charge is 0.692 e. The van der Waals surface area contributed by atoms with Gasteiger partial charge in [0.15, 0.2) is 0 Å². The van der Waals surface area contributed by atoms with Gasteiger partial charge in [0.2, 0.25) is 0 Å². The lowest BCUT2D eigenvalue weighted by atomic mass is 10.1. The maximum absolute atomic E-state index is 8.70. The van der Waals surface area contributed by atoms with Crippen molar-refractivity contribution in [2.45, 2.75) is 64.7 Å². The highest BCUT2D eigenvalue weighted by Gasteiger charge is 1.93. The van der Waals surface area contributed by atoms with Crippen molar-refractivity contribution in [2.24, 2.45) is 0 Å². The SMILES string of the molecule is CCCCCCCCCCCO.O=[P+](O)O. The van der Waals surface area contributed by atoms with Gasteiger partial charge in [0, 0.05) is 11.2 Å². The molecule has 0 amide bonds. The van der Waals surface area contributed by atoms with Crippen LogP contribution in [0.5, 0.6) is 0 Å². The van der Waals surface area contributed by atoms with Crippen molar-refractivity contribution in [3.63, 3.8) is 0 Å². The summed E-state index contributed by atoms with van der Waals surface area (Å²) in [6.45, 7) is 2.62. The van der Waals surface area contributed by atoms with E-state index in [2.05, 4.69) is 6.92 Å². The number of unbranched alkanes of at least 4 members (excludes halogenated alkanes) is 8. The molecule has 0 fully saturated rings. The minimum Gasteiger partial charge on any atom is -0.396 e. The third-order valence-corrected chi connectivity index (χ3v) is 2.26. The predicted molar refractivity (Wildman–Crippen MR) is 66.4 cm³/mol. The maximum atomic E-state index is 8.70. The van der Waals surface area contributed by atoms with Gasteiger partial charge in [0.05, 0.1) is 0 Å². The molecule has 0 unspecified atom stereocenters. The number of rotatable bonds is 9. The highest BCUT2D eigenvalue weighted by Crippen LogP contribution is 2.08. The minimum absolute atomic E-state index is 0.371. The molecule has 0 aromatic rings. The Bertz CT molecular complexity index is 128. The molecule has 0 atom stereocenters. The zero-order chi connectivity index (χ0) is 12.6. The summed E-state index contributed by atoms with van der Waals surface area (Å²) in [6.07, 6.45) is 11.8. The molecule has 0 saturated heterocycles. The van der Waals surface area contributed by atoms with Gasteiger partial charge in [-0.25, -0.2) is 0 Å². The number of hydrogen-bond donors (Lipinski definition) is 3. The minimum atomic E-state index is -2.87. The molecule has 0 aliphatic heterocycles. The molecule has 0 saturated carbocycles. The van der Waals surface area contributed by atoms with Crippen molar-refractivity contribution >= 4 is 8.25 Å². The van der Waals surface area contributed by atoms with E-state index in [9.17, 15) is 0 Å². The Kier molecular flexibility index (Phi) is 19.9. The van der Waals surface area contributed by atoms with E-state index in [1.54, 1.807) is 0 Å². The Balaban J connectivity index is 0. The smallest absolute Gasteiger partial charge is 0.396 e. The molecule has 0 aliphatic carbocycles. The van der Waals surface area contributed by atoms with Gasteiger partial charge in [-0.15, -0.1) is 9.79 Å². The molecule has 0 aliphatic rings. The van der Waals surface area contributed by atoms with Crippen molar-refractivity contribution in [3.05, 3.63) is 0 Å². The fraction of sp³-hybridized carbons (Fsp3) is 1.00. The predicted octanol–water partition coefficient (Wildman–Crippen LogP) is 3.14. The average Bonchev–Trinajstić information content (AvgIpc) is 2.21. The summed E-state index contributed by atoms with van der Waals surface area (Å²) < 4.78 is 8.70. The topological polar surface area (TPSA) is 77.8 Å². The van der Waals surface area contributed by atoms with Crippen molar-refractivity contribution in [1.82, 2.24) is 0 Å². The van der Waals surface area contributed by atoms with Crippen molar-refractivity contribution in [1.29, 1.82) is 0 Å². The summed E-state index contributed by atoms with van der Waals surface area (Å²) in [7, 11) is -2.87. The van der Waals surface area contributed by atoms with Crippen LogP contribution in [0.2, 0.25) is 0 Å². The van der Waals surface area contributed by atoms with Crippen LogP contribution in [0.3, 0.4) is 0 Å². The summed E-state index contributed by atoms with van der Waals surface area (Å²) >= 11 is 0. The molecule has 0 bridgehead atoms. The molecule has 0 aromatic carbocycles. The Morgan fingerprint density at radius 2 is 1.12 bits per heavy atom. The molecular formula is C11H26O4P+. The number of hydrogen-bond acceptors (Lipinski definition) is 2. The van der Waals surface area contributed by atoms with Gasteiger partial charge in [0.25, 0.3) is 0 Å². The first kappa shape index (κ1) is 18.3. The van der Waals surface area contributed by atoms with Crippen LogP contribution in [0, 0.1) is 0 Å². The van der Waals surface area contributed by atoms with E-state index in [4.69, 9.17) is 19.5 Å². The Hall–Kier alpha value is -0.0200. The van der Waals surface area contributed by atoms with Crippen LogP contribution in [-0.2, 0) is 4.57 Å². The van der Waals surface area contributed by atoms with Crippen LogP contribution in [0.15, 0.2) is 0 Å². The first-order chi connectivity index (χ1) is 7.65. The fourth-order valence-electron chi connectivity index (χ4n) is 1.42. The highest BCUT2D eigenvalue weighted by molar-refractivity contribution is 7.30. The van der Waals surface area contributed by atoms with Crippen LogP contribution in [0.25, 0.3) is 0 Å². The lowest BCUT2D eigenvalue weighted by molar-refractivity contribution is 0.282. The van der Waals surface area contributed by atoms with Crippen molar-refractivity contribution in [2.75, 3.05) is 6.61 Å². The van der Waals surface area contributed by atoms with Gasteiger partial charge >= 0.3 is 8.25 Å². The van der Waals surface area contributed by atoms with Gasteiger partial charge in [-0.1, -0.05) is 58.3 Å². The number of aliphatic hydroxyl groups is 1. The van der Waals surface area contributed by atoms with E-state index in [1.807, 2.05) is 0 Å². The van der Waals surface area contributed by atoms with E-state index in [0.717, 1.165) is 6.42 Å². The molecule has 0 spiro atoms. The Morgan fingerprint density at radius 3 is 1.44 bits per heavy atom. The lowest BCUT2D eigenvalue weighted by Gasteiger charge is -1.99. The van der Waals surface area contributed by atoms with Crippen molar-refractivity contribution in [3.8, 4) is 0 Å². The molecule has 5 heteroatoms. The second kappa shape index (κ2) is 17.4. The normalized spacial score (nSPS) is 9.50. The van der Waals surface area contributed by atoms with Gasteiger partial charge in [-0.3, -0.25) is 0 Å². The van der Waals surface area contributed by atoms with Crippen LogP contribution < -0.4 is 0 Å². The monoisotopic (exact) mass is 253 g/mol. The summed E-state index contributed by atoms with van der Waals surface area (Å²) in [4.78, 5) is 14.2. The van der Waals surface area contributed by atoms with Gasteiger partial charge in [-0.05, 0) is 6.42 Å². The van der Waals surface area contributed by atoms with Crippen LogP contribution >= 0.6 is 8.25 Å². The van der Waals surface area contributed by atoms with Crippen LogP contribution in [0.1, 0.15) is 64.7 Å². The lowest BCUT2D eigenvalue weighted by Crippen LogP contribution is -1.84. The molecule has 3 N–H and O–H groups in total. The van der Waals surface area contributed by atoms with Gasteiger partial charge < -0.3 is 5.11 Å². The second-order valence-corrected chi connectivity index (χ2v) is 4.31. The van der Waals surface area contributed by atoms with E-state index in [-0.39, 0.29) is 0 Å². The zero-order valence-corrected chi connectivity index (χ0v) is 11.2. The highest BCUT2D eigenvalue weighted by atomic mass is 31.1. The van der Waals surface area contributed by atoms with Gasteiger partial charge in [0.1, 0.15) is 0 Å². The van der Waals surface area contributed by atoms with E-state index < -0.39 is 8.25 Å². The Labute approximate surface area is 99.7 Å². The summed E-state index contributed by atoms with van der Waals surface area (Å²) in [5, 5.41) is 8.54. The third kappa shape index (κ3) is 29.2. The first-order valence-corrected chi connectivity index (χ1v) is 7.27. The van der Waals surface area contributed by atoms with E-state index >= 15 is 0 Å². The van der Waals surface area contributed by atoms with Gasteiger partial charge in [-0.2, -0.15) is 0 Å². The van der Waals surface area contributed by atoms with E-state index in [0.29, 0.717) is 6.61 Å². The zero-order valence-electron chi connectivity index (χ0n) is 10.3. The molecule has 4 nitrogen and oxygen atoms in total. The van der Waals surface area contributed by atoms with Crippen molar-refractivity contribution < 1.29 is 19.5 Å². The molecule has 16 heavy (non-hydrogen) atoms. The quantitative estimate of drug-likeness (QED) is 0.436. The maximum Gasteiger partial charge on any atom is 0.692 e. The molecule has 98 valence electrons. The second-order valence-electron chi connectivity index (χ2n) is 3.80. The fourth-order valence-corrected chi connectivity index (χ4v) is 1.42. The first-order valence-electron chi connectivity index (χ1n) is 6.11. The summed E-state index contributed by atoms with van der Waals surface area (Å²) in [5.74, 6) is 0. The number of aliphatic hydroxyl groups excluding tert-OH is 1. The Morgan fingerprint density at radius 1 is 0.812 bits per heavy atom. The van der Waals surface area contributed by atoms with Crippen LogP contribution in [0.4, 0.5) is 0 Å². The molecular weight excluding hydrogens is 227 g/mol.